The second-order valence-corrected chi connectivity index (χ2v) is 8.54. The zero-order valence-electron chi connectivity index (χ0n) is 19.7. The van der Waals surface area contributed by atoms with Crippen molar-refractivity contribution in [2.24, 2.45) is 0 Å². The molecule has 6 nitrogen and oxygen atoms in total. The third-order valence-electron chi connectivity index (χ3n) is 5.45. The minimum absolute atomic E-state index is 0.0419. The highest BCUT2D eigenvalue weighted by Crippen LogP contribution is 2.36. The van der Waals surface area contributed by atoms with Gasteiger partial charge in [0, 0.05) is 22.5 Å². The summed E-state index contributed by atoms with van der Waals surface area (Å²) in [4.78, 5) is 16.6. The van der Waals surface area contributed by atoms with E-state index in [2.05, 4.69) is 41.8 Å². The van der Waals surface area contributed by atoms with E-state index in [0.29, 0.717) is 0 Å². The molecule has 0 aliphatic heterocycles. The van der Waals surface area contributed by atoms with Crippen molar-refractivity contribution in [1.82, 2.24) is 10.3 Å². The van der Waals surface area contributed by atoms with E-state index in [-0.39, 0.29) is 12.6 Å². The molecule has 0 unspecified atom stereocenters. The van der Waals surface area contributed by atoms with Gasteiger partial charge in [-0.2, -0.15) is 0 Å². The first-order chi connectivity index (χ1) is 15.8. The molecule has 2 N–H and O–H groups in total. The summed E-state index contributed by atoms with van der Waals surface area (Å²) >= 11 is 0. The number of ether oxygens (including phenoxy) is 2. The van der Waals surface area contributed by atoms with Crippen LogP contribution in [0.5, 0.6) is 5.75 Å². The van der Waals surface area contributed by atoms with Gasteiger partial charge in [0.15, 0.2) is 0 Å². The lowest BCUT2D eigenvalue weighted by Crippen LogP contribution is -2.30. The number of hydrogen-bond donors (Lipinski definition) is 2. The number of methoxy groups -OCH3 is 1. The molecular formula is C27H29N3O3. The Hall–Kier alpha value is -3.80. The van der Waals surface area contributed by atoms with Crippen molar-refractivity contribution in [1.29, 1.82) is 0 Å². The first kappa shape index (κ1) is 22.4. The van der Waals surface area contributed by atoms with Crippen molar-refractivity contribution in [3.8, 4) is 5.75 Å². The van der Waals surface area contributed by atoms with Crippen LogP contribution >= 0.6 is 0 Å². The SMILES string of the molecule is COc1cc2c(Nc3ccc(COC(=O)NC(C)C)cc3)c3ccc(C)cc3nc2cc1C. The number of rotatable bonds is 6. The lowest BCUT2D eigenvalue weighted by atomic mass is 10.0. The van der Waals surface area contributed by atoms with Crippen LogP contribution in [0.3, 0.4) is 0 Å². The number of carbonyl (C=O) groups is 1. The summed E-state index contributed by atoms with van der Waals surface area (Å²) in [7, 11) is 1.68. The van der Waals surface area contributed by atoms with Gasteiger partial charge in [-0.25, -0.2) is 9.78 Å². The molecule has 0 saturated heterocycles. The molecule has 0 aliphatic carbocycles. The monoisotopic (exact) mass is 443 g/mol. The maximum Gasteiger partial charge on any atom is 0.407 e. The normalized spacial score (nSPS) is 11.1. The average Bonchev–Trinajstić information content (AvgIpc) is 2.77. The van der Waals surface area contributed by atoms with Gasteiger partial charge in [0.05, 0.1) is 23.8 Å². The second-order valence-electron chi connectivity index (χ2n) is 8.54. The quantitative estimate of drug-likeness (QED) is 0.338. The number of hydrogen-bond acceptors (Lipinski definition) is 5. The number of pyridine rings is 1. The van der Waals surface area contributed by atoms with E-state index in [4.69, 9.17) is 14.5 Å². The Bertz CT molecular complexity index is 1310. The smallest absolute Gasteiger partial charge is 0.407 e. The Kier molecular flexibility index (Phi) is 6.36. The number of carbonyl (C=O) groups excluding carboxylic acids is 1. The fourth-order valence-corrected chi connectivity index (χ4v) is 3.80. The van der Waals surface area contributed by atoms with Crippen LogP contribution in [0.25, 0.3) is 21.8 Å². The molecule has 1 amide bonds. The first-order valence-electron chi connectivity index (χ1n) is 11.0. The van der Waals surface area contributed by atoms with E-state index < -0.39 is 6.09 Å². The maximum atomic E-state index is 11.7. The van der Waals surface area contributed by atoms with E-state index in [1.165, 1.54) is 0 Å². The number of aromatic nitrogens is 1. The Balaban J connectivity index is 1.67. The minimum Gasteiger partial charge on any atom is -0.496 e. The molecule has 0 saturated carbocycles. The predicted octanol–water partition coefficient (Wildman–Crippen LogP) is 6.39. The molecule has 3 aromatic carbocycles. The lowest BCUT2D eigenvalue weighted by Gasteiger charge is -2.16. The molecule has 0 bridgehead atoms. The van der Waals surface area contributed by atoms with Crippen LogP contribution in [-0.4, -0.2) is 24.2 Å². The Morgan fingerprint density at radius 3 is 2.39 bits per heavy atom. The summed E-state index contributed by atoms with van der Waals surface area (Å²) in [6.45, 7) is 8.10. The van der Waals surface area contributed by atoms with E-state index in [0.717, 1.165) is 55.6 Å². The number of aryl methyl sites for hydroxylation is 2. The summed E-state index contributed by atoms with van der Waals surface area (Å²) in [6.07, 6.45) is -0.415. The number of amides is 1. The number of benzene rings is 3. The fraction of sp³-hybridized carbons (Fsp3) is 0.259. The molecule has 0 radical (unpaired) electrons. The molecule has 6 heteroatoms. The largest absolute Gasteiger partial charge is 0.496 e. The van der Waals surface area contributed by atoms with Gasteiger partial charge in [0.25, 0.3) is 0 Å². The van der Waals surface area contributed by atoms with Gasteiger partial charge in [-0.3, -0.25) is 0 Å². The van der Waals surface area contributed by atoms with Gasteiger partial charge >= 0.3 is 6.09 Å². The number of nitrogens with one attached hydrogen (secondary N) is 2. The lowest BCUT2D eigenvalue weighted by molar-refractivity contribution is 0.137. The summed E-state index contributed by atoms with van der Waals surface area (Å²) in [5.41, 5.74) is 6.88. The molecule has 4 aromatic rings. The number of anilines is 2. The topological polar surface area (TPSA) is 72.5 Å². The van der Waals surface area contributed by atoms with E-state index in [1.54, 1.807) is 7.11 Å². The molecule has 1 aromatic heterocycles. The van der Waals surface area contributed by atoms with Crippen LogP contribution in [0.15, 0.2) is 54.6 Å². The summed E-state index contributed by atoms with van der Waals surface area (Å²) in [5.74, 6) is 0.825. The fourth-order valence-electron chi connectivity index (χ4n) is 3.80. The van der Waals surface area contributed by atoms with Gasteiger partial charge in [0.2, 0.25) is 0 Å². The molecule has 0 spiro atoms. The van der Waals surface area contributed by atoms with Crippen molar-refractivity contribution >= 4 is 39.3 Å². The zero-order valence-corrected chi connectivity index (χ0v) is 19.7. The second kappa shape index (κ2) is 9.36. The summed E-state index contributed by atoms with van der Waals surface area (Å²) in [6, 6.07) is 18.3. The molecule has 170 valence electrons. The highest BCUT2D eigenvalue weighted by atomic mass is 16.5. The Labute approximate surface area is 193 Å². The van der Waals surface area contributed by atoms with E-state index in [1.807, 2.05) is 51.1 Å². The zero-order chi connectivity index (χ0) is 23.5. The van der Waals surface area contributed by atoms with Crippen molar-refractivity contribution < 1.29 is 14.3 Å². The predicted molar refractivity (Wildman–Crippen MR) is 133 cm³/mol. The Morgan fingerprint density at radius 1 is 0.970 bits per heavy atom. The van der Waals surface area contributed by atoms with Crippen molar-refractivity contribution in [3.63, 3.8) is 0 Å². The number of alkyl carbamates (subject to hydrolysis) is 1. The van der Waals surface area contributed by atoms with Crippen LogP contribution in [0.1, 0.15) is 30.5 Å². The van der Waals surface area contributed by atoms with Gasteiger partial charge < -0.3 is 20.1 Å². The molecular weight excluding hydrogens is 414 g/mol. The van der Waals surface area contributed by atoms with Crippen molar-refractivity contribution in [2.75, 3.05) is 12.4 Å². The third kappa shape index (κ3) is 5.00. The molecule has 1 heterocycles. The van der Waals surface area contributed by atoms with Crippen LogP contribution in [-0.2, 0) is 11.3 Å². The van der Waals surface area contributed by atoms with Gasteiger partial charge in [-0.05, 0) is 74.7 Å². The summed E-state index contributed by atoms with van der Waals surface area (Å²) in [5, 5.41) is 8.33. The van der Waals surface area contributed by atoms with Gasteiger partial charge in [-0.1, -0.05) is 24.3 Å². The van der Waals surface area contributed by atoms with Crippen LogP contribution in [0, 0.1) is 13.8 Å². The highest BCUT2D eigenvalue weighted by Gasteiger charge is 2.13. The van der Waals surface area contributed by atoms with E-state index >= 15 is 0 Å². The molecule has 4 rings (SSSR count). The first-order valence-corrected chi connectivity index (χ1v) is 11.0. The molecule has 0 atom stereocenters. The number of fused-ring (bicyclic) bond motifs is 2. The van der Waals surface area contributed by atoms with Crippen LogP contribution in [0.2, 0.25) is 0 Å². The van der Waals surface area contributed by atoms with Gasteiger partial charge in [-0.15, -0.1) is 0 Å². The molecule has 0 fully saturated rings. The van der Waals surface area contributed by atoms with E-state index in [9.17, 15) is 4.79 Å². The summed E-state index contributed by atoms with van der Waals surface area (Å²) < 4.78 is 10.8. The van der Waals surface area contributed by atoms with Crippen molar-refractivity contribution in [3.05, 3.63) is 71.3 Å². The standard InChI is InChI=1S/C27H29N3O3/c1-16(2)28-27(31)33-15-19-7-9-20(10-8-19)29-26-21-11-6-17(3)12-23(21)30-24-13-18(4)25(32-5)14-22(24)26/h6-14,16H,15H2,1-5H3,(H,28,31)(H,29,30). The average molecular weight is 444 g/mol. The number of nitrogens with zero attached hydrogens (tertiary/aromatic N) is 1. The molecule has 0 aliphatic rings. The van der Waals surface area contributed by atoms with Crippen LogP contribution < -0.4 is 15.4 Å². The third-order valence-corrected chi connectivity index (χ3v) is 5.45. The molecule has 33 heavy (non-hydrogen) atoms. The van der Waals surface area contributed by atoms with Crippen molar-refractivity contribution in [2.45, 2.75) is 40.3 Å². The highest BCUT2D eigenvalue weighted by molar-refractivity contribution is 6.09. The Morgan fingerprint density at radius 2 is 1.70 bits per heavy atom. The minimum atomic E-state index is -0.415. The van der Waals surface area contributed by atoms with Gasteiger partial charge in [0.1, 0.15) is 12.4 Å². The van der Waals surface area contributed by atoms with Crippen LogP contribution in [0.4, 0.5) is 16.2 Å². The maximum absolute atomic E-state index is 11.7.